The molecule has 21 heavy (non-hydrogen) atoms. The first-order valence-electron chi connectivity index (χ1n) is 6.46. The Balaban J connectivity index is 2.39. The quantitative estimate of drug-likeness (QED) is 0.617. The number of aliphatic carboxylic acids is 1. The van der Waals surface area contributed by atoms with Crippen molar-refractivity contribution in [3.63, 3.8) is 0 Å². The third-order valence-corrected chi connectivity index (χ3v) is 3.48. The number of hydrogen-bond donors (Lipinski definition) is 4. The lowest BCUT2D eigenvalue weighted by atomic mass is 9.84. The molecule has 0 bridgehead atoms. The molecule has 0 aliphatic rings. The van der Waals surface area contributed by atoms with Gasteiger partial charge in [0.05, 0.1) is 16.4 Å². The molecule has 0 saturated carbocycles. The molecular weight excluding hydrogens is 274 g/mol. The molecule has 5 N–H and O–H groups in total. The van der Waals surface area contributed by atoms with Crippen LogP contribution in [0.15, 0.2) is 27.8 Å². The summed E-state index contributed by atoms with van der Waals surface area (Å²) in [6, 6.07) is 4.50. The molecule has 112 valence electrons. The highest BCUT2D eigenvalue weighted by molar-refractivity contribution is 5.75. The normalized spacial score (nSPS) is 13.3. The van der Waals surface area contributed by atoms with Crippen molar-refractivity contribution < 1.29 is 9.90 Å². The van der Waals surface area contributed by atoms with Crippen LogP contribution in [0.2, 0.25) is 0 Å². The van der Waals surface area contributed by atoms with Gasteiger partial charge in [-0.25, -0.2) is 0 Å². The fourth-order valence-corrected chi connectivity index (χ4v) is 2.12. The Labute approximate surface area is 119 Å². The largest absolute Gasteiger partial charge is 0.481 e. The minimum atomic E-state index is -0.952. The van der Waals surface area contributed by atoms with Gasteiger partial charge in [-0.15, -0.1) is 0 Å². The Bertz CT molecular complexity index is 804. The number of aromatic amines is 2. The molecule has 1 aromatic heterocycles. The number of carbonyl (C=O) groups is 1. The van der Waals surface area contributed by atoms with Gasteiger partial charge in [0.15, 0.2) is 0 Å². The molecule has 7 nitrogen and oxygen atoms in total. The van der Waals surface area contributed by atoms with E-state index in [0.717, 1.165) is 0 Å². The maximum atomic E-state index is 11.3. The lowest BCUT2D eigenvalue weighted by Crippen LogP contribution is -2.30. The zero-order valence-corrected chi connectivity index (χ0v) is 11.8. The highest BCUT2D eigenvalue weighted by Crippen LogP contribution is 2.29. The molecule has 0 saturated heterocycles. The van der Waals surface area contributed by atoms with Gasteiger partial charge in [-0.3, -0.25) is 14.4 Å². The molecule has 1 unspecified atom stereocenters. The standard InChI is InChI=1S/C14H17N3O4/c1-14(2,13(20)21)6-8(15)7-3-4-9-10(5-7)17-12(19)11(18)16-9/h3-5,8H,6,15H2,1-2H3,(H,16,18)(H,17,19)(H,20,21). The average molecular weight is 291 g/mol. The van der Waals surface area contributed by atoms with Crippen LogP contribution in [-0.2, 0) is 4.79 Å². The van der Waals surface area contributed by atoms with Crippen LogP contribution in [0.5, 0.6) is 0 Å². The van der Waals surface area contributed by atoms with Gasteiger partial charge in [0, 0.05) is 6.04 Å². The molecule has 0 amide bonds. The summed E-state index contributed by atoms with van der Waals surface area (Å²) in [6.07, 6.45) is 0.251. The second kappa shape index (κ2) is 5.17. The van der Waals surface area contributed by atoms with Crippen molar-refractivity contribution >= 4 is 17.0 Å². The van der Waals surface area contributed by atoms with Gasteiger partial charge in [-0.05, 0) is 38.0 Å². The lowest BCUT2D eigenvalue weighted by molar-refractivity contribution is -0.147. The first kappa shape index (κ1) is 15.0. The fraction of sp³-hybridized carbons (Fsp3) is 0.357. The molecule has 2 aromatic rings. The van der Waals surface area contributed by atoms with Crippen LogP contribution >= 0.6 is 0 Å². The predicted molar refractivity (Wildman–Crippen MR) is 78.2 cm³/mol. The van der Waals surface area contributed by atoms with E-state index in [2.05, 4.69) is 9.97 Å². The molecule has 2 rings (SSSR count). The van der Waals surface area contributed by atoms with E-state index in [9.17, 15) is 14.4 Å². The van der Waals surface area contributed by atoms with Gasteiger partial charge < -0.3 is 20.8 Å². The molecular formula is C14H17N3O4. The Morgan fingerprint density at radius 3 is 2.38 bits per heavy atom. The summed E-state index contributed by atoms with van der Waals surface area (Å²) in [5.41, 5.74) is 5.29. The van der Waals surface area contributed by atoms with Gasteiger partial charge in [0.25, 0.3) is 0 Å². The predicted octanol–water partition coefficient (Wildman–Crippen LogP) is 0.717. The van der Waals surface area contributed by atoms with Crippen LogP contribution < -0.4 is 16.9 Å². The Hall–Kier alpha value is -2.41. The maximum Gasteiger partial charge on any atom is 0.314 e. The zero-order chi connectivity index (χ0) is 15.8. The summed E-state index contributed by atoms with van der Waals surface area (Å²) >= 11 is 0. The average Bonchev–Trinajstić information content (AvgIpc) is 2.38. The zero-order valence-electron chi connectivity index (χ0n) is 11.8. The molecule has 1 heterocycles. The van der Waals surface area contributed by atoms with E-state index >= 15 is 0 Å². The van der Waals surface area contributed by atoms with E-state index < -0.39 is 28.5 Å². The number of carboxylic acids is 1. The van der Waals surface area contributed by atoms with Crippen molar-refractivity contribution in [3.8, 4) is 0 Å². The maximum absolute atomic E-state index is 11.3. The molecule has 1 atom stereocenters. The first-order valence-corrected chi connectivity index (χ1v) is 6.46. The summed E-state index contributed by atoms with van der Waals surface area (Å²) in [4.78, 5) is 38.6. The van der Waals surface area contributed by atoms with E-state index in [1.165, 1.54) is 0 Å². The third kappa shape index (κ3) is 3.03. The van der Waals surface area contributed by atoms with Gasteiger partial charge in [0.1, 0.15) is 0 Å². The van der Waals surface area contributed by atoms with Crippen LogP contribution in [0.4, 0.5) is 0 Å². The summed E-state index contributed by atoms with van der Waals surface area (Å²) in [5, 5.41) is 9.13. The summed E-state index contributed by atoms with van der Waals surface area (Å²) in [6.45, 7) is 3.21. The number of H-pyrrole nitrogens is 2. The molecule has 7 heteroatoms. The molecule has 0 radical (unpaired) electrons. The lowest BCUT2D eigenvalue weighted by Gasteiger charge is -2.23. The second-order valence-corrected chi connectivity index (χ2v) is 5.71. The van der Waals surface area contributed by atoms with Crippen LogP contribution in [0.3, 0.4) is 0 Å². The first-order chi connectivity index (χ1) is 9.70. The van der Waals surface area contributed by atoms with Crippen molar-refractivity contribution in [2.75, 3.05) is 0 Å². The van der Waals surface area contributed by atoms with E-state index in [1.54, 1.807) is 32.0 Å². The Morgan fingerprint density at radius 1 is 1.24 bits per heavy atom. The number of nitrogens with one attached hydrogen (secondary N) is 2. The summed E-state index contributed by atoms with van der Waals surface area (Å²) in [5.74, 6) is -0.920. The van der Waals surface area contributed by atoms with Crippen LogP contribution in [0.1, 0.15) is 31.9 Å². The van der Waals surface area contributed by atoms with Gasteiger partial charge in [-0.2, -0.15) is 0 Å². The highest BCUT2D eigenvalue weighted by atomic mass is 16.4. The van der Waals surface area contributed by atoms with E-state index in [0.29, 0.717) is 16.6 Å². The monoisotopic (exact) mass is 291 g/mol. The SMILES string of the molecule is CC(C)(CC(N)c1ccc2[nH]c(=O)c(=O)[nH]c2c1)C(=O)O. The number of aromatic nitrogens is 2. The van der Waals surface area contributed by atoms with Crippen molar-refractivity contribution in [3.05, 3.63) is 44.5 Å². The van der Waals surface area contributed by atoms with Crippen molar-refractivity contribution in [1.82, 2.24) is 9.97 Å². The third-order valence-electron chi connectivity index (χ3n) is 3.48. The number of benzene rings is 1. The molecule has 0 fully saturated rings. The Morgan fingerprint density at radius 2 is 1.81 bits per heavy atom. The number of carboxylic acid groups (broad SMARTS) is 1. The van der Waals surface area contributed by atoms with E-state index in [-0.39, 0.29) is 6.42 Å². The van der Waals surface area contributed by atoms with Crippen molar-refractivity contribution in [1.29, 1.82) is 0 Å². The molecule has 0 aliphatic carbocycles. The number of fused-ring (bicyclic) bond motifs is 1. The van der Waals surface area contributed by atoms with Crippen LogP contribution in [0.25, 0.3) is 11.0 Å². The smallest absolute Gasteiger partial charge is 0.314 e. The fourth-order valence-electron chi connectivity index (χ4n) is 2.12. The van der Waals surface area contributed by atoms with Gasteiger partial charge >= 0.3 is 17.1 Å². The summed E-state index contributed by atoms with van der Waals surface area (Å²) in [7, 11) is 0. The minimum Gasteiger partial charge on any atom is -0.481 e. The van der Waals surface area contributed by atoms with Gasteiger partial charge in [-0.1, -0.05) is 6.07 Å². The topological polar surface area (TPSA) is 129 Å². The molecule has 0 spiro atoms. The second-order valence-electron chi connectivity index (χ2n) is 5.71. The number of nitrogens with two attached hydrogens (primary N) is 1. The van der Waals surface area contributed by atoms with E-state index in [1.807, 2.05) is 0 Å². The number of rotatable bonds is 4. The van der Waals surface area contributed by atoms with Crippen molar-refractivity contribution in [2.45, 2.75) is 26.3 Å². The van der Waals surface area contributed by atoms with Crippen molar-refractivity contribution in [2.24, 2.45) is 11.1 Å². The number of hydrogen-bond acceptors (Lipinski definition) is 4. The van der Waals surface area contributed by atoms with Gasteiger partial charge in [0.2, 0.25) is 0 Å². The van der Waals surface area contributed by atoms with Crippen LogP contribution in [-0.4, -0.2) is 21.0 Å². The highest BCUT2D eigenvalue weighted by Gasteiger charge is 2.30. The Kier molecular flexibility index (Phi) is 3.69. The molecule has 0 aliphatic heterocycles. The van der Waals surface area contributed by atoms with E-state index in [4.69, 9.17) is 10.8 Å². The van der Waals surface area contributed by atoms with Crippen LogP contribution in [0, 0.1) is 5.41 Å². The molecule has 1 aromatic carbocycles. The minimum absolute atomic E-state index is 0.251. The summed E-state index contributed by atoms with van der Waals surface area (Å²) < 4.78 is 0.